The van der Waals surface area contributed by atoms with E-state index in [0.29, 0.717) is 12.0 Å². The highest BCUT2D eigenvalue weighted by Crippen LogP contribution is 2.22. The predicted octanol–water partition coefficient (Wildman–Crippen LogP) is 3.10. The fraction of sp³-hybridized carbons (Fsp3) is 0.846. The second kappa shape index (κ2) is 6.89. The zero-order chi connectivity index (χ0) is 11.1. The van der Waals surface area contributed by atoms with Gasteiger partial charge in [0.15, 0.2) is 0 Å². The summed E-state index contributed by atoms with van der Waals surface area (Å²) >= 11 is 0. The summed E-state index contributed by atoms with van der Waals surface area (Å²) in [5.74, 6) is 1.86. The Bertz CT molecular complexity index is 201. The smallest absolute Gasteiger partial charge is 0.109 e. The van der Waals surface area contributed by atoms with E-state index in [1.165, 1.54) is 25.0 Å². The number of nitrogens with one attached hydrogen (secondary N) is 1. The van der Waals surface area contributed by atoms with Gasteiger partial charge in [0.1, 0.15) is 5.76 Å². The van der Waals surface area contributed by atoms with Crippen molar-refractivity contribution < 1.29 is 4.74 Å². The van der Waals surface area contributed by atoms with Gasteiger partial charge in [-0.2, -0.15) is 0 Å². The number of rotatable bonds is 7. The Labute approximate surface area is 94.1 Å². The van der Waals surface area contributed by atoms with Crippen LogP contribution in [0.1, 0.15) is 46.5 Å². The Morgan fingerprint density at radius 1 is 1.40 bits per heavy atom. The second-order valence-corrected chi connectivity index (χ2v) is 4.44. The molecule has 2 nitrogen and oxygen atoms in total. The molecule has 0 saturated carbocycles. The summed E-state index contributed by atoms with van der Waals surface area (Å²) in [6.45, 7) is 8.73. The summed E-state index contributed by atoms with van der Waals surface area (Å²) in [7, 11) is 0. The molecule has 15 heavy (non-hydrogen) atoms. The summed E-state index contributed by atoms with van der Waals surface area (Å²) in [6, 6.07) is 0.437. The highest BCUT2D eigenvalue weighted by Gasteiger charge is 2.23. The molecule has 2 unspecified atom stereocenters. The van der Waals surface area contributed by atoms with Crippen molar-refractivity contribution in [2.75, 3.05) is 13.2 Å². The van der Waals surface area contributed by atoms with Gasteiger partial charge in [0.25, 0.3) is 0 Å². The average Bonchev–Trinajstić information content (AvgIpc) is 2.72. The lowest BCUT2D eigenvalue weighted by atomic mass is 9.95. The molecule has 2 heteroatoms. The highest BCUT2D eigenvalue weighted by molar-refractivity contribution is 5.08. The Hall–Kier alpha value is -0.500. The molecule has 1 heterocycles. The Morgan fingerprint density at radius 2 is 2.20 bits per heavy atom. The number of hydrogen-bond donors (Lipinski definition) is 1. The Balaban J connectivity index is 2.51. The van der Waals surface area contributed by atoms with E-state index in [2.05, 4.69) is 32.2 Å². The van der Waals surface area contributed by atoms with Gasteiger partial charge in [0.2, 0.25) is 0 Å². The third-order valence-electron chi connectivity index (χ3n) is 2.97. The molecule has 0 aromatic carbocycles. The van der Waals surface area contributed by atoms with Crippen molar-refractivity contribution in [3.8, 4) is 0 Å². The first-order valence-electron chi connectivity index (χ1n) is 6.35. The van der Waals surface area contributed by atoms with E-state index in [-0.39, 0.29) is 0 Å². The van der Waals surface area contributed by atoms with Gasteiger partial charge in [-0.05, 0) is 31.4 Å². The van der Waals surface area contributed by atoms with Gasteiger partial charge < -0.3 is 10.1 Å². The molecule has 1 aliphatic rings. The molecular weight excluding hydrogens is 186 g/mol. The van der Waals surface area contributed by atoms with Gasteiger partial charge in [-0.25, -0.2) is 0 Å². The van der Waals surface area contributed by atoms with Crippen LogP contribution in [0.3, 0.4) is 0 Å². The van der Waals surface area contributed by atoms with Gasteiger partial charge in [0, 0.05) is 6.42 Å². The van der Waals surface area contributed by atoms with Gasteiger partial charge in [-0.1, -0.05) is 27.2 Å². The van der Waals surface area contributed by atoms with E-state index in [1.54, 1.807) is 0 Å². The van der Waals surface area contributed by atoms with Crippen molar-refractivity contribution in [2.45, 2.75) is 52.5 Å². The molecular formula is C13H25NO. The molecule has 0 saturated heterocycles. The molecule has 0 fully saturated rings. The van der Waals surface area contributed by atoms with Crippen LogP contribution in [0, 0.1) is 5.92 Å². The molecule has 0 aliphatic carbocycles. The van der Waals surface area contributed by atoms with Crippen LogP contribution in [-0.2, 0) is 4.74 Å². The second-order valence-electron chi connectivity index (χ2n) is 4.44. The topological polar surface area (TPSA) is 21.3 Å². The first-order valence-corrected chi connectivity index (χ1v) is 6.35. The maximum Gasteiger partial charge on any atom is 0.109 e. The third kappa shape index (κ3) is 3.86. The van der Waals surface area contributed by atoms with Gasteiger partial charge in [-0.3, -0.25) is 0 Å². The van der Waals surface area contributed by atoms with E-state index in [4.69, 9.17) is 4.74 Å². The molecule has 1 aliphatic heterocycles. The first-order chi connectivity index (χ1) is 7.29. The number of hydrogen-bond acceptors (Lipinski definition) is 2. The lowest BCUT2D eigenvalue weighted by Gasteiger charge is -2.25. The maximum absolute atomic E-state index is 5.68. The zero-order valence-electron chi connectivity index (χ0n) is 10.4. The van der Waals surface area contributed by atoms with E-state index in [1.807, 2.05) is 0 Å². The van der Waals surface area contributed by atoms with Crippen LogP contribution in [0.5, 0.6) is 0 Å². The van der Waals surface area contributed by atoms with Gasteiger partial charge in [-0.15, -0.1) is 0 Å². The Kier molecular flexibility index (Phi) is 5.77. The normalized spacial score (nSPS) is 19.5. The molecule has 1 N–H and O–H groups in total. The van der Waals surface area contributed by atoms with Crippen molar-refractivity contribution >= 4 is 0 Å². The predicted molar refractivity (Wildman–Crippen MR) is 64.8 cm³/mol. The molecule has 0 bridgehead atoms. The quantitative estimate of drug-likeness (QED) is 0.698. The van der Waals surface area contributed by atoms with E-state index in [0.717, 1.165) is 19.6 Å². The van der Waals surface area contributed by atoms with Crippen molar-refractivity contribution in [2.24, 2.45) is 5.92 Å². The highest BCUT2D eigenvalue weighted by atomic mass is 16.5. The fourth-order valence-corrected chi connectivity index (χ4v) is 2.16. The van der Waals surface area contributed by atoms with Crippen molar-refractivity contribution in [3.63, 3.8) is 0 Å². The standard InChI is InChI=1S/C13H25NO/c1-4-7-11(3)13(14-9-5-2)12-8-6-10-15-12/h8,11,13-14H,4-7,9-10H2,1-3H3. The largest absolute Gasteiger partial charge is 0.496 e. The number of ether oxygens (including phenoxy) is 1. The van der Waals surface area contributed by atoms with Crippen LogP contribution in [-0.4, -0.2) is 19.2 Å². The maximum atomic E-state index is 5.68. The van der Waals surface area contributed by atoms with Gasteiger partial charge >= 0.3 is 0 Å². The van der Waals surface area contributed by atoms with E-state index < -0.39 is 0 Å². The lowest BCUT2D eigenvalue weighted by Crippen LogP contribution is -2.37. The van der Waals surface area contributed by atoms with E-state index >= 15 is 0 Å². The Morgan fingerprint density at radius 3 is 2.73 bits per heavy atom. The molecule has 0 aromatic rings. The molecule has 88 valence electrons. The molecule has 0 aromatic heterocycles. The monoisotopic (exact) mass is 211 g/mol. The third-order valence-corrected chi connectivity index (χ3v) is 2.97. The summed E-state index contributed by atoms with van der Waals surface area (Å²) in [5.41, 5.74) is 0. The fourth-order valence-electron chi connectivity index (χ4n) is 2.16. The molecule has 1 rings (SSSR count). The summed E-state index contributed by atoms with van der Waals surface area (Å²) in [6.07, 6.45) is 7.03. The van der Waals surface area contributed by atoms with Crippen molar-refractivity contribution in [1.29, 1.82) is 0 Å². The van der Waals surface area contributed by atoms with Crippen LogP contribution >= 0.6 is 0 Å². The summed E-state index contributed by atoms with van der Waals surface area (Å²) < 4.78 is 5.68. The van der Waals surface area contributed by atoms with Crippen LogP contribution in [0.4, 0.5) is 0 Å². The molecule has 0 radical (unpaired) electrons. The summed E-state index contributed by atoms with van der Waals surface area (Å²) in [4.78, 5) is 0. The zero-order valence-corrected chi connectivity index (χ0v) is 10.4. The average molecular weight is 211 g/mol. The molecule has 2 atom stereocenters. The van der Waals surface area contributed by atoms with Crippen molar-refractivity contribution in [3.05, 3.63) is 11.8 Å². The van der Waals surface area contributed by atoms with Crippen LogP contribution < -0.4 is 5.32 Å². The minimum absolute atomic E-state index is 0.437. The van der Waals surface area contributed by atoms with Crippen molar-refractivity contribution in [1.82, 2.24) is 5.32 Å². The minimum Gasteiger partial charge on any atom is -0.496 e. The van der Waals surface area contributed by atoms with Crippen LogP contribution in [0.15, 0.2) is 11.8 Å². The molecule has 0 spiro atoms. The summed E-state index contributed by atoms with van der Waals surface area (Å²) in [5, 5.41) is 3.60. The van der Waals surface area contributed by atoms with Crippen LogP contribution in [0.2, 0.25) is 0 Å². The minimum atomic E-state index is 0.437. The molecule has 0 amide bonds. The van der Waals surface area contributed by atoms with Gasteiger partial charge in [0.05, 0.1) is 12.6 Å². The first kappa shape index (κ1) is 12.6. The van der Waals surface area contributed by atoms with E-state index in [9.17, 15) is 0 Å². The SMILES string of the molecule is CCCNC(C1=CCCO1)C(C)CCC. The lowest BCUT2D eigenvalue weighted by molar-refractivity contribution is 0.193. The van der Waals surface area contributed by atoms with Crippen LogP contribution in [0.25, 0.3) is 0 Å².